The number of aryl methyl sites for hydroxylation is 2. The van der Waals surface area contributed by atoms with Gasteiger partial charge in [0.05, 0.1) is 23.9 Å². The Bertz CT molecular complexity index is 1740. The van der Waals surface area contributed by atoms with E-state index in [-0.39, 0.29) is 33.9 Å². The molecule has 0 bridgehead atoms. The highest BCUT2D eigenvalue weighted by molar-refractivity contribution is 7.17. The summed E-state index contributed by atoms with van der Waals surface area (Å²) in [6.45, 7) is 10.1. The van der Waals surface area contributed by atoms with E-state index < -0.39 is 23.7 Å². The van der Waals surface area contributed by atoms with Crippen molar-refractivity contribution in [3.8, 4) is 5.75 Å². The van der Waals surface area contributed by atoms with E-state index in [9.17, 15) is 19.5 Å². The van der Waals surface area contributed by atoms with E-state index in [4.69, 9.17) is 9.47 Å². The SMILES string of the molecule is CCOC(=O)c1sc(N2C(=O)C(=O)C(=C(O)c3ccc(OCc4cccc(C)c4)cc3)C2c2ccc(C(C)C)cc2)nc1C. The number of anilines is 1. The lowest BCUT2D eigenvalue weighted by molar-refractivity contribution is -0.132. The molecule has 1 atom stereocenters. The second kappa shape index (κ2) is 12.9. The van der Waals surface area contributed by atoms with Crippen LogP contribution in [0.1, 0.15) is 75.9 Å². The molecule has 4 aromatic rings. The fourth-order valence-corrected chi connectivity index (χ4v) is 6.10. The van der Waals surface area contributed by atoms with Crippen molar-refractivity contribution >= 4 is 39.9 Å². The number of Topliss-reactive ketones (excluding diaryl/α,β-unsaturated/α-hetero) is 1. The van der Waals surface area contributed by atoms with E-state index in [0.29, 0.717) is 29.2 Å². The van der Waals surface area contributed by atoms with Crippen molar-refractivity contribution in [2.45, 2.75) is 53.2 Å². The maximum Gasteiger partial charge on any atom is 0.350 e. The summed E-state index contributed by atoms with van der Waals surface area (Å²) in [4.78, 5) is 45.7. The predicted molar refractivity (Wildman–Crippen MR) is 170 cm³/mol. The van der Waals surface area contributed by atoms with Crippen LogP contribution in [0.5, 0.6) is 5.75 Å². The van der Waals surface area contributed by atoms with Crippen molar-refractivity contribution in [1.82, 2.24) is 4.98 Å². The Morgan fingerprint density at radius 1 is 1.02 bits per heavy atom. The molecule has 44 heavy (non-hydrogen) atoms. The number of nitrogens with zero attached hydrogens (tertiary/aromatic N) is 2. The lowest BCUT2D eigenvalue weighted by Crippen LogP contribution is -2.29. The average molecular weight is 611 g/mol. The number of aliphatic hydroxyl groups excluding tert-OH is 1. The first-order chi connectivity index (χ1) is 21.1. The van der Waals surface area contributed by atoms with Crippen LogP contribution in [0.25, 0.3) is 5.76 Å². The van der Waals surface area contributed by atoms with Gasteiger partial charge in [-0.25, -0.2) is 9.78 Å². The largest absolute Gasteiger partial charge is 0.507 e. The molecule has 1 amide bonds. The van der Waals surface area contributed by atoms with Crippen LogP contribution in [-0.2, 0) is 20.9 Å². The van der Waals surface area contributed by atoms with Gasteiger partial charge >= 0.3 is 11.9 Å². The Balaban J connectivity index is 1.53. The third-order valence-corrected chi connectivity index (χ3v) is 8.57. The number of carbonyl (C=O) groups is 3. The number of aliphatic hydroxyl groups is 1. The lowest BCUT2D eigenvalue weighted by Gasteiger charge is -2.23. The maximum atomic E-state index is 13.6. The molecule has 5 rings (SSSR count). The first-order valence-electron chi connectivity index (χ1n) is 14.4. The number of hydrogen-bond donors (Lipinski definition) is 1. The first kappa shape index (κ1) is 30.7. The monoisotopic (exact) mass is 610 g/mol. The number of thiazole rings is 1. The summed E-state index contributed by atoms with van der Waals surface area (Å²) in [5.41, 5.74) is 4.56. The van der Waals surface area contributed by atoms with E-state index in [0.717, 1.165) is 28.0 Å². The summed E-state index contributed by atoms with van der Waals surface area (Å²) < 4.78 is 11.1. The molecule has 0 spiro atoms. The molecule has 8 nitrogen and oxygen atoms in total. The molecule has 0 saturated carbocycles. The highest BCUT2D eigenvalue weighted by atomic mass is 32.1. The Kier molecular flexibility index (Phi) is 8.96. The van der Waals surface area contributed by atoms with Gasteiger partial charge in [-0.2, -0.15) is 0 Å². The first-order valence-corrected chi connectivity index (χ1v) is 15.2. The summed E-state index contributed by atoms with van der Waals surface area (Å²) in [7, 11) is 0. The van der Waals surface area contributed by atoms with Gasteiger partial charge in [0.25, 0.3) is 5.78 Å². The highest BCUT2D eigenvalue weighted by Crippen LogP contribution is 2.44. The molecule has 3 aromatic carbocycles. The standard InChI is InChI=1S/C35H34N2O6S/c1-6-42-34(41)32-22(5)36-35(44-32)37-29(25-12-10-24(11-13-25)20(2)3)28(31(39)33(37)40)30(38)26-14-16-27(17-15-26)43-19-23-9-7-8-21(4)18-23/h7-18,20,29,38H,6,19H2,1-5H3. The Morgan fingerprint density at radius 2 is 1.73 bits per heavy atom. The zero-order chi connectivity index (χ0) is 31.5. The zero-order valence-corrected chi connectivity index (χ0v) is 26.1. The number of ether oxygens (including phenoxy) is 2. The van der Waals surface area contributed by atoms with Crippen molar-refractivity contribution in [3.05, 3.63) is 117 Å². The molecular weight excluding hydrogens is 576 g/mol. The van der Waals surface area contributed by atoms with E-state index in [1.54, 1.807) is 38.1 Å². The van der Waals surface area contributed by atoms with Crippen LogP contribution in [0.4, 0.5) is 5.13 Å². The third kappa shape index (κ3) is 6.14. The number of carbonyl (C=O) groups excluding carboxylic acids is 3. The molecule has 226 valence electrons. The van der Waals surface area contributed by atoms with Crippen molar-refractivity contribution in [2.75, 3.05) is 11.5 Å². The fourth-order valence-electron chi connectivity index (χ4n) is 5.11. The molecule has 1 aliphatic rings. The summed E-state index contributed by atoms with van der Waals surface area (Å²) in [6.07, 6.45) is 0. The Labute approximate surface area is 260 Å². The van der Waals surface area contributed by atoms with Gasteiger partial charge in [-0.3, -0.25) is 14.5 Å². The van der Waals surface area contributed by atoms with Crippen LogP contribution < -0.4 is 9.64 Å². The quantitative estimate of drug-likeness (QED) is 0.0920. The van der Waals surface area contributed by atoms with Crippen LogP contribution in [-0.4, -0.2) is 34.4 Å². The molecule has 1 aromatic heterocycles. The molecule has 1 aliphatic heterocycles. The van der Waals surface area contributed by atoms with Crippen LogP contribution >= 0.6 is 11.3 Å². The Hall–Kier alpha value is -4.76. The van der Waals surface area contributed by atoms with Crippen LogP contribution in [0.15, 0.2) is 78.4 Å². The Morgan fingerprint density at radius 3 is 2.36 bits per heavy atom. The van der Waals surface area contributed by atoms with Crippen LogP contribution in [0.2, 0.25) is 0 Å². The number of ketones is 1. The van der Waals surface area contributed by atoms with Gasteiger partial charge in [0, 0.05) is 5.56 Å². The molecular formula is C35H34N2O6S. The van der Waals surface area contributed by atoms with Crippen LogP contribution in [0, 0.1) is 13.8 Å². The van der Waals surface area contributed by atoms with E-state index in [1.807, 2.05) is 55.5 Å². The number of benzene rings is 3. The van der Waals surface area contributed by atoms with E-state index in [2.05, 4.69) is 18.8 Å². The summed E-state index contributed by atoms with van der Waals surface area (Å²) >= 11 is 0.979. The van der Waals surface area contributed by atoms with Crippen molar-refractivity contribution in [3.63, 3.8) is 0 Å². The van der Waals surface area contributed by atoms with Gasteiger partial charge in [-0.15, -0.1) is 0 Å². The van der Waals surface area contributed by atoms with Gasteiger partial charge in [0.1, 0.15) is 23.0 Å². The van der Waals surface area contributed by atoms with Crippen molar-refractivity contribution in [1.29, 1.82) is 0 Å². The summed E-state index contributed by atoms with van der Waals surface area (Å²) in [5, 5.41) is 11.7. The normalized spacial score (nSPS) is 16.0. The zero-order valence-electron chi connectivity index (χ0n) is 25.3. The average Bonchev–Trinajstić information content (AvgIpc) is 3.52. The third-order valence-electron chi connectivity index (χ3n) is 7.43. The molecule has 1 unspecified atom stereocenters. The topological polar surface area (TPSA) is 106 Å². The molecule has 1 saturated heterocycles. The molecule has 1 N–H and O–H groups in total. The molecule has 0 radical (unpaired) electrons. The maximum absolute atomic E-state index is 13.6. The molecule has 1 fully saturated rings. The van der Waals surface area contributed by atoms with Gasteiger partial charge in [-0.1, -0.05) is 79.3 Å². The number of amides is 1. The smallest absolute Gasteiger partial charge is 0.350 e. The van der Waals surface area contributed by atoms with Crippen molar-refractivity contribution < 1.29 is 29.0 Å². The number of aromatic nitrogens is 1. The highest BCUT2D eigenvalue weighted by Gasteiger charge is 2.48. The second-order valence-corrected chi connectivity index (χ2v) is 11.9. The number of hydrogen-bond acceptors (Lipinski definition) is 8. The van der Waals surface area contributed by atoms with Gasteiger partial charge in [-0.05, 0) is 67.6 Å². The minimum Gasteiger partial charge on any atom is -0.507 e. The minimum absolute atomic E-state index is 0.0636. The predicted octanol–water partition coefficient (Wildman–Crippen LogP) is 7.27. The lowest BCUT2D eigenvalue weighted by atomic mass is 9.93. The summed E-state index contributed by atoms with van der Waals surface area (Å²) in [5.74, 6) is -1.68. The molecule has 0 aliphatic carbocycles. The van der Waals surface area contributed by atoms with Gasteiger partial charge < -0.3 is 14.6 Å². The van der Waals surface area contributed by atoms with Crippen molar-refractivity contribution in [2.24, 2.45) is 0 Å². The minimum atomic E-state index is -0.964. The molecule has 2 heterocycles. The van der Waals surface area contributed by atoms with Gasteiger partial charge in [0.15, 0.2) is 5.13 Å². The van der Waals surface area contributed by atoms with Gasteiger partial charge in [0.2, 0.25) is 0 Å². The van der Waals surface area contributed by atoms with E-state index >= 15 is 0 Å². The second-order valence-electron chi connectivity index (χ2n) is 10.9. The number of rotatable bonds is 9. The number of esters is 1. The molecule has 9 heteroatoms. The van der Waals surface area contributed by atoms with E-state index in [1.165, 1.54) is 4.90 Å². The summed E-state index contributed by atoms with van der Waals surface area (Å²) in [6, 6.07) is 21.4. The fraction of sp³-hybridized carbons (Fsp3) is 0.257. The van der Waals surface area contributed by atoms with Crippen LogP contribution in [0.3, 0.4) is 0 Å².